The van der Waals surface area contributed by atoms with Gasteiger partial charge >= 0.3 is 11.9 Å². The van der Waals surface area contributed by atoms with Crippen molar-refractivity contribution in [2.45, 2.75) is 135 Å². The Hall–Kier alpha value is -1.79. The van der Waals surface area contributed by atoms with Crippen LogP contribution in [0.1, 0.15) is 97.8 Å². The molecule has 1 rings (SSSR count). The summed E-state index contributed by atoms with van der Waals surface area (Å²) in [6.07, 6.45) is 0.555. The maximum atomic E-state index is 12.3. The van der Waals surface area contributed by atoms with E-state index in [1.54, 1.807) is 0 Å². The summed E-state index contributed by atoms with van der Waals surface area (Å²) >= 11 is 0. The molecule has 4 N–H and O–H groups in total. The second-order valence-corrected chi connectivity index (χ2v) is 9.82. The van der Waals surface area contributed by atoms with E-state index in [2.05, 4.69) is 5.32 Å². The molecule has 0 aromatic rings. The van der Waals surface area contributed by atoms with Gasteiger partial charge in [0.05, 0.1) is 6.61 Å². The summed E-state index contributed by atoms with van der Waals surface area (Å²) in [6, 6.07) is 0. The number of rotatable bonds is 20. The van der Waals surface area contributed by atoms with Gasteiger partial charge in [0.1, 0.15) is 31.0 Å². The van der Waals surface area contributed by atoms with Crippen LogP contribution in [0.15, 0.2) is 0 Å². The Morgan fingerprint density at radius 2 is 1.34 bits per heavy atom. The zero-order chi connectivity index (χ0) is 28.3. The van der Waals surface area contributed by atoms with Crippen LogP contribution in [0.2, 0.25) is 0 Å². The van der Waals surface area contributed by atoms with Gasteiger partial charge in [0, 0.05) is 25.8 Å². The fraction of sp³-hybridized carbons (Fsp3) is 0.889. The predicted molar refractivity (Wildman–Crippen MR) is 139 cm³/mol. The van der Waals surface area contributed by atoms with Gasteiger partial charge in [-0.2, -0.15) is 0 Å². The van der Waals surface area contributed by atoms with Gasteiger partial charge in [-0.25, -0.2) is 0 Å². The Balaban J connectivity index is 2.70. The summed E-state index contributed by atoms with van der Waals surface area (Å²) in [4.78, 5) is 36.4. The maximum absolute atomic E-state index is 12.3. The van der Waals surface area contributed by atoms with Crippen LogP contribution in [0.25, 0.3) is 0 Å². The van der Waals surface area contributed by atoms with E-state index in [0.717, 1.165) is 44.9 Å². The summed E-state index contributed by atoms with van der Waals surface area (Å²) in [5.74, 6) is -1.07. The number of carbonyl (C=O) groups is 3. The second-order valence-electron chi connectivity index (χ2n) is 9.82. The lowest BCUT2D eigenvalue weighted by atomic mass is 9.98. The number of carbonyl (C=O) groups excluding carboxylic acids is 3. The molecule has 38 heavy (non-hydrogen) atoms. The van der Waals surface area contributed by atoms with E-state index in [4.69, 9.17) is 18.9 Å². The Labute approximate surface area is 226 Å². The molecule has 1 aliphatic heterocycles. The highest BCUT2D eigenvalue weighted by Gasteiger charge is 2.44. The quantitative estimate of drug-likeness (QED) is 0.131. The summed E-state index contributed by atoms with van der Waals surface area (Å²) in [5.41, 5.74) is 0. The number of hydrogen-bond acceptors (Lipinski definition) is 10. The monoisotopic (exact) mass is 547 g/mol. The molecule has 11 nitrogen and oxygen atoms in total. The smallest absolute Gasteiger partial charge is 0.306 e. The molecule has 1 fully saturated rings. The number of aliphatic hydroxyl groups is 3. The van der Waals surface area contributed by atoms with E-state index in [0.29, 0.717) is 19.3 Å². The number of hydrogen-bond donors (Lipinski definition) is 4. The van der Waals surface area contributed by atoms with E-state index in [1.165, 1.54) is 0 Å². The molecule has 0 radical (unpaired) electrons. The topological polar surface area (TPSA) is 161 Å². The van der Waals surface area contributed by atoms with Crippen molar-refractivity contribution in [3.63, 3.8) is 0 Å². The first-order valence-electron chi connectivity index (χ1n) is 14.2. The second kappa shape index (κ2) is 20.2. The van der Waals surface area contributed by atoms with Gasteiger partial charge in [0.15, 0.2) is 12.4 Å². The molecule has 1 heterocycles. The van der Waals surface area contributed by atoms with Gasteiger partial charge < -0.3 is 39.6 Å². The Bertz CT molecular complexity index is 676. The van der Waals surface area contributed by atoms with Crippen molar-refractivity contribution in [1.82, 2.24) is 5.32 Å². The molecule has 11 heteroatoms. The molecule has 1 aliphatic rings. The average Bonchev–Trinajstić information content (AvgIpc) is 2.89. The summed E-state index contributed by atoms with van der Waals surface area (Å²) < 4.78 is 22.0. The normalized spacial score (nSPS) is 24.0. The van der Waals surface area contributed by atoms with E-state index < -0.39 is 48.7 Å². The number of aliphatic hydroxyl groups excluding tert-OH is 3. The minimum absolute atomic E-state index is 0.0824. The van der Waals surface area contributed by atoms with Crippen LogP contribution in [-0.4, -0.2) is 89.7 Å². The Morgan fingerprint density at radius 1 is 0.763 bits per heavy atom. The van der Waals surface area contributed by atoms with Crippen LogP contribution in [0, 0.1) is 0 Å². The lowest BCUT2D eigenvalue weighted by Gasteiger charge is -2.40. The predicted octanol–water partition coefficient (Wildman–Crippen LogP) is 2.12. The molecule has 0 aromatic heterocycles. The van der Waals surface area contributed by atoms with Gasteiger partial charge in [-0.05, 0) is 19.3 Å². The lowest BCUT2D eigenvalue weighted by molar-refractivity contribution is -0.299. The molecule has 6 atom stereocenters. The van der Waals surface area contributed by atoms with Crippen molar-refractivity contribution in [3.8, 4) is 0 Å². The van der Waals surface area contributed by atoms with Crippen LogP contribution in [0.5, 0.6) is 0 Å². The van der Waals surface area contributed by atoms with Crippen LogP contribution in [0.3, 0.4) is 0 Å². The van der Waals surface area contributed by atoms with Crippen molar-refractivity contribution in [1.29, 1.82) is 0 Å². The van der Waals surface area contributed by atoms with Crippen LogP contribution in [-0.2, 0) is 33.3 Å². The molecule has 222 valence electrons. The fourth-order valence-electron chi connectivity index (χ4n) is 3.92. The molecular formula is C27H49NO10. The standard InChI is InChI=1S/C27H49NO10/c1-4-7-10-13-21(29)28-16-20-24(32)25(33)26(34)27(38-20)36-18-19(37-23(31)15-12-9-6-3)17-35-22(30)14-11-8-5-2/h19-20,24-27,32-34H,4-18H2,1-3H3,(H,28,29)/t19-,20-,24+,25+,26-,27+/m1/s1. The molecule has 0 aliphatic carbocycles. The first kappa shape index (κ1) is 34.2. The first-order valence-corrected chi connectivity index (χ1v) is 14.2. The zero-order valence-corrected chi connectivity index (χ0v) is 23.3. The summed E-state index contributed by atoms with van der Waals surface area (Å²) in [5, 5.41) is 33.7. The minimum Gasteiger partial charge on any atom is -0.462 e. The SMILES string of the molecule is CCCCCC(=O)NC[C@H]1O[C@H](OC[C@@H](COC(=O)CCCCC)OC(=O)CCCCC)[C@H](O)[C@@H](O)[C@H]1O. The molecule has 0 spiro atoms. The lowest BCUT2D eigenvalue weighted by Crippen LogP contribution is -2.60. The van der Waals surface area contributed by atoms with Crippen molar-refractivity contribution in [2.75, 3.05) is 19.8 Å². The number of nitrogens with one attached hydrogen (secondary N) is 1. The Kier molecular flexibility index (Phi) is 18.2. The van der Waals surface area contributed by atoms with Crippen molar-refractivity contribution >= 4 is 17.8 Å². The third-order valence-corrected chi connectivity index (χ3v) is 6.32. The van der Waals surface area contributed by atoms with Crippen molar-refractivity contribution < 1.29 is 48.7 Å². The van der Waals surface area contributed by atoms with Gasteiger partial charge in [0.2, 0.25) is 5.91 Å². The third-order valence-electron chi connectivity index (χ3n) is 6.32. The van der Waals surface area contributed by atoms with Gasteiger partial charge in [-0.15, -0.1) is 0 Å². The summed E-state index contributed by atoms with van der Waals surface area (Å²) in [6.45, 7) is 5.50. The number of unbranched alkanes of at least 4 members (excludes halogenated alkanes) is 6. The van der Waals surface area contributed by atoms with E-state index in [1.807, 2.05) is 20.8 Å². The molecule has 0 aromatic carbocycles. The largest absolute Gasteiger partial charge is 0.462 e. The Morgan fingerprint density at radius 3 is 1.95 bits per heavy atom. The zero-order valence-electron chi connectivity index (χ0n) is 23.3. The fourth-order valence-corrected chi connectivity index (χ4v) is 3.92. The molecule has 1 amide bonds. The van der Waals surface area contributed by atoms with E-state index in [-0.39, 0.29) is 38.5 Å². The maximum Gasteiger partial charge on any atom is 0.306 e. The average molecular weight is 548 g/mol. The van der Waals surface area contributed by atoms with E-state index >= 15 is 0 Å². The molecule has 1 saturated heterocycles. The molecule has 0 bridgehead atoms. The highest BCUT2D eigenvalue weighted by atomic mass is 16.7. The highest BCUT2D eigenvalue weighted by Crippen LogP contribution is 2.22. The van der Waals surface area contributed by atoms with E-state index in [9.17, 15) is 29.7 Å². The van der Waals surface area contributed by atoms with Crippen molar-refractivity contribution in [2.24, 2.45) is 0 Å². The number of esters is 2. The molecule has 0 saturated carbocycles. The van der Waals surface area contributed by atoms with Crippen molar-refractivity contribution in [3.05, 3.63) is 0 Å². The summed E-state index contributed by atoms with van der Waals surface area (Å²) in [7, 11) is 0. The van der Waals surface area contributed by atoms with Crippen LogP contribution < -0.4 is 5.32 Å². The van der Waals surface area contributed by atoms with Crippen LogP contribution >= 0.6 is 0 Å². The highest BCUT2D eigenvalue weighted by molar-refractivity contribution is 5.75. The van der Waals surface area contributed by atoms with Gasteiger partial charge in [0.25, 0.3) is 0 Å². The van der Waals surface area contributed by atoms with Crippen LogP contribution in [0.4, 0.5) is 0 Å². The van der Waals surface area contributed by atoms with Gasteiger partial charge in [-0.3, -0.25) is 14.4 Å². The first-order chi connectivity index (χ1) is 18.2. The minimum atomic E-state index is -1.58. The van der Waals surface area contributed by atoms with Gasteiger partial charge in [-0.1, -0.05) is 59.3 Å². The number of amides is 1. The number of ether oxygens (including phenoxy) is 4. The molecular weight excluding hydrogens is 498 g/mol. The molecule has 0 unspecified atom stereocenters. The third kappa shape index (κ3) is 13.8.